The highest BCUT2D eigenvalue weighted by molar-refractivity contribution is 5.97. The van der Waals surface area contributed by atoms with E-state index in [1.807, 2.05) is 0 Å². The van der Waals surface area contributed by atoms with Gasteiger partial charge in [0.15, 0.2) is 0 Å². The third kappa shape index (κ3) is 3.04. The van der Waals surface area contributed by atoms with Gasteiger partial charge in [0.1, 0.15) is 17.7 Å². The fourth-order valence-electron chi connectivity index (χ4n) is 2.30. The summed E-state index contributed by atoms with van der Waals surface area (Å²) in [5.41, 5.74) is 1.30. The summed E-state index contributed by atoms with van der Waals surface area (Å²) in [4.78, 5) is 19.0. The van der Waals surface area contributed by atoms with Crippen LogP contribution in [0.4, 0.5) is 8.78 Å². The van der Waals surface area contributed by atoms with Crippen LogP contribution in [0.2, 0.25) is 0 Å². The second-order valence-electron chi connectivity index (χ2n) is 5.00. The van der Waals surface area contributed by atoms with Crippen LogP contribution in [-0.4, -0.2) is 27.5 Å². The van der Waals surface area contributed by atoms with E-state index in [4.69, 9.17) is 0 Å². The van der Waals surface area contributed by atoms with E-state index < -0.39 is 29.2 Å². The summed E-state index contributed by atoms with van der Waals surface area (Å²) in [6.07, 6.45) is 0.0351. The summed E-state index contributed by atoms with van der Waals surface area (Å²) in [5.74, 6) is -2.17. The van der Waals surface area contributed by atoms with Crippen molar-refractivity contribution >= 4 is 16.9 Å². The van der Waals surface area contributed by atoms with Crippen molar-refractivity contribution in [2.75, 3.05) is 6.54 Å². The van der Waals surface area contributed by atoms with Crippen LogP contribution in [0.3, 0.4) is 0 Å². The van der Waals surface area contributed by atoms with E-state index in [1.54, 1.807) is 18.2 Å². The van der Waals surface area contributed by atoms with Gasteiger partial charge in [-0.15, -0.1) is 0 Å². The lowest BCUT2D eigenvalue weighted by molar-refractivity contribution is 0.0911. The Morgan fingerprint density at radius 2 is 2.00 bits per heavy atom. The van der Waals surface area contributed by atoms with Gasteiger partial charge in [-0.05, 0) is 30.3 Å². The molecule has 0 saturated heterocycles. The fraction of sp³-hybridized carbons (Fsp3) is 0.125. The van der Waals surface area contributed by atoms with Crippen molar-refractivity contribution in [3.8, 4) is 0 Å². The van der Waals surface area contributed by atoms with Crippen molar-refractivity contribution in [3.05, 3.63) is 65.5 Å². The first-order valence-corrected chi connectivity index (χ1v) is 6.89. The van der Waals surface area contributed by atoms with E-state index in [-0.39, 0.29) is 6.54 Å². The van der Waals surface area contributed by atoms with E-state index in [0.717, 1.165) is 17.6 Å². The molecule has 0 spiro atoms. The topological polar surface area (TPSA) is 78.0 Å². The molecule has 0 saturated carbocycles. The average Bonchev–Trinajstić information content (AvgIpc) is 3.00. The van der Waals surface area contributed by atoms with Crippen LogP contribution in [0.25, 0.3) is 11.0 Å². The van der Waals surface area contributed by atoms with Gasteiger partial charge in [-0.3, -0.25) is 4.79 Å². The summed E-state index contributed by atoms with van der Waals surface area (Å²) >= 11 is 0. The van der Waals surface area contributed by atoms with Crippen molar-refractivity contribution < 1.29 is 18.7 Å². The molecule has 3 rings (SSSR count). The minimum absolute atomic E-state index is 0.308. The minimum Gasteiger partial charge on any atom is -0.386 e. The third-order valence-corrected chi connectivity index (χ3v) is 3.47. The number of aliphatic hydroxyl groups is 1. The van der Waals surface area contributed by atoms with Crippen molar-refractivity contribution in [1.29, 1.82) is 0 Å². The first-order valence-electron chi connectivity index (χ1n) is 6.89. The van der Waals surface area contributed by atoms with Gasteiger partial charge in [-0.25, -0.2) is 13.8 Å². The Morgan fingerprint density at radius 3 is 2.74 bits per heavy atom. The molecule has 3 N–H and O–H groups in total. The number of nitrogens with zero attached hydrogens (tertiary/aromatic N) is 1. The van der Waals surface area contributed by atoms with E-state index in [1.165, 1.54) is 12.4 Å². The van der Waals surface area contributed by atoms with Crippen LogP contribution >= 0.6 is 0 Å². The van der Waals surface area contributed by atoms with Crippen LogP contribution in [0.1, 0.15) is 22.0 Å². The Kier molecular flexibility index (Phi) is 4.03. The fourth-order valence-corrected chi connectivity index (χ4v) is 2.30. The van der Waals surface area contributed by atoms with Crippen molar-refractivity contribution in [1.82, 2.24) is 15.3 Å². The van der Waals surface area contributed by atoms with Crippen LogP contribution in [0, 0.1) is 11.6 Å². The molecule has 1 atom stereocenters. The zero-order chi connectivity index (χ0) is 16.4. The first kappa shape index (κ1) is 15.1. The number of nitrogens with one attached hydrogen (secondary N) is 2. The van der Waals surface area contributed by atoms with Crippen LogP contribution < -0.4 is 5.32 Å². The molecule has 1 aromatic heterocycles. The molecule has 0 aliphatic heterocycles. The van der Waals surface area contributed by atoms with Crippen LogP contribution in [-0.2, 0) is 0 Å². The maximum atomic E-state index is 13.6. The Morgan fingerprint density at radius 1 is 1.26 bits per heavy atom. The molecule has 0 fully saturated rings. The molecule has 1 heterocycles. The molecule has 0 bridgehead atoms. The number of aliphatic hydroxyl groups excluding tert-OH is 1. The third-order valence-electron chi connectivity index (χ3n) is 3.47. The summed E-state index contributed by atoms with van der Waals surface area (Å²) in [6.45, 7) is -0.308. The number of aromatic nitrogens is 2. The van der Waals surface area contributed by atoms with Gasteiger partial charge in [0.05, 0.1) is 22.9 Å². The highest BCUT2D eigenvalue weighted by Crippen LogP contribution is 2.20. The van der Waals surface area contributed by atoms with Gasteiger partial charge < -0.3 is 15.4 Å². The molecule has 3 aromatic rings. The molecule has 1 amide bonds. The van der Waals surface area contributed by atoms with Gasteiger partial charge in [0, 0.05) is 12.1 Å². The quantitative estimate of drug-likeness (QED) is 0.691. The second-order valence-corrected chi connectivity index (χ2v) is 5.00. The van der Waals surface area contributed by atoms with E-state index in [9.17, 15) is 18.7 Å². The van der Waals surface area contributed by atoms with E-state index in [2.05, 4.69) is 15.3 Å². The number of halogens is 2. The minimum atomic E-state index is -1.48. The molecular weight excluding hydrogens is 304 g/mol. The summed E-state index contributed by atoms with van der Waals surface area (Å²) in [7, 11) is 0. The monoisotopic (exact) mass is 317 g/mol. The molecule has 5 nitrogen and oxygen atoms in total. The predicted octanol–water partition coefficient (Wildman–Crippen LogP) is 2.30. The van der Waals surface area contributed by atoms with Crippen molar-refractivity contribution in [2.24, 2.45) is 0 Å². The second kappa shape index (κ2) is 6.13. The molecule has 0 aliphatic rings. The largest absolute Gasteiger partial charge is 0.386 e. The Hall–Kier alpha value is -2.80. The molecule has 2 aromatic carbocycles. The van der Waals surface area contributed by atoms with E-state index in [0.29, 0.717) is 11.1 Å². The lowest BCUT2D eigenvalue weighted by atomic mass is 10.1. The SMILES string of the molecule is O=C(NCC(O)c1c(F)cccc1F)c1ccc2nc[nH]c2c1. The maximum absolute atomic E-state index is 13.6. The van der Waals surface area contributed by atoms with Gasteiger partial charge in [0.25, 0.3) is 5.91 Å². The standard InChI is InChI=1S/C16H13F2N3O2/c17-10-2-1-3-11(18)15(10)14(22)7-19-16(23)9-4-5-12-13(6-9)21-8-20-12/h1-6,8,14,22H,7H2,(H,19,23)(H,20,21). The van der Waals surface area contributed by atoms with Gasteiger partial charge in [-0.1, -0.05) is 6.07 Å². The number of aromatic amines is 1. The average molecular weight is 317 g/mol. The zero-order valence-electron chi connectivity index (χ0n) is 11.9. The lowest BCUT2D eigenvalue weighted by Crippen LogP contribution is -2.29. The summed E-state index contributed by atoms with van der Waals surface area (Å²) < 4.78 is 27.1. The van der Waals surface area contributed by atoms with Gasteiger partial charge in [0.2, 0.25) is 0 Å². The highest BCUT2D eigenvalue weighted by Gasteiger charge is 2.18. The summed E-state index contributed by atoms with van der Waals surface area (Å²) in [5, 5.41) is 12.4. The zero-order valence-corrected chi connectivity index (χ0v) is 11.9. The number of fused-ring (bicyclic) bond motifs is 1. The highest BCUT2D eigenvalue weighted by atomic mass is 19.1. The Balaban J connectivity index is 1.71. The molecule has 23 heavy (non-hydrogen) atoms. The van der Waals surface area contributed by atoms with Crippen molar-refractivity contribution in [2.45, 2.75) is 6.10 Å². The molecule has 7 heteroatoms. The van der Waals surface area contributed by atoms with Crippen LogP contribution in [0.15, 0.2) is 42.7 Å². The molecule has 0 aliphatic carbocycles. The number of carbonyl (C=O) groups excluding carboxylic acids is 1. The number of rotatable bonds is 4. The summed E-state index contributed by atoms with van der Waals surface area (Å²) in [6, 6.07) is 8.17. The van der Waals surface area contributed by atoms with E-state index >= 15 is 0 Å². The van der Waals surface area contributed by atoms with Gasteiger partial charge in [-0.2, -0.15) is 0 Å². The Bertz CT molecular complexity index is 843. The molecule has 0 radical (unpaired) electrons. The number of imidazole rings is 1. The molecule has 1 unspecified atom stereocenters. The number of H-pyrrole nitrogens is 1. The number of hydrogen-bond donors (Lipinski definition) is 3. The lowest BCUT2D eigenvalue weighted by Gasteiger charge is -2.14. The number of amides is 1. The van der Waals surface area contributed by atoms with Crippen LogP contribution in [0.5, 0.6) is 0 Å². The predicted molar refractivity (Wildman–Crippen MR) is 79.7 cm³/mol. The Labute approximate surface area is 130 Å². The molecule has 118 valence electrons. The van der Waals surface area contributed by atoms with Crippen molar-refractivity contribution in [3.63, 3.8) is 0 Å². The van der Waals surface area contributed by atoms with Gasteiger partial charge >= 0.3 is 0 Å². The normalized spacial score (nSPS) is 12.3. The number of carbonyl (C=O) groups is 1. The smallest absolute Gasteiger partial charge is 0.251 e. The molecular formula is C16H13F2N3O2. The number of benzene rings is 2. The first-order chi connectivity index (χ1) is 11.1. The maximum Gasteiger partial charge on any atom is 0.251 e. The number of hydrogen-bond acceptors (Lipinski definition) is 3.